The lowest BCUT2D eigenvalue weighted by molar-refractivity contribution is 0.103. The lowest BCUT2D eigenvalue weighted by atomic mass is 10.0. The summed E-state index contributed by atoms with van der Waals surface area (Å²) in [4.78, 5) is 20.7. The average Bonchev–Trinajstić information content (AvgIpc) is 2.63. The fourth-order valence-electron chi connectivity index (χ4n) is 2.55. The first-order valence-electron chi connectivity index (χ1n) is 8.06. The van der Waals surface area contributed by atoms with Crippen molar-refractivity contribution in [1.29, 1.82) is 0 Å². The molecule has 27 heavy (non-hydrogen) atoms. The summed E-state index contributed by atoms with van der Waals surface area (Å²) in [5.41, 5.74) is -0.793. The SMILES string of the molecule is CCCS(=O)(=O)Nc1cc(F)cc(C(=O)c2cc3cccnc3cn2)c1F. The zero-order valence-electron chi connectivity index (χ0n) is 14.2. The van der Waals surface area contributed by atoms with Crippen molar-refractivity contribution >= 4 is 32.4 Å². The maximum absolute atomic E-state index is 14.7. The molecular weight excluding hydrogens is 376 g/mol. The molecule has 0 radical (unpaired) electrons. The molecule has 9 heteroatoms. The van der Waals surface area contributed by atoms with E-state index >= 15 is 0 Å². The molecule has 0 amide bonds. The summed E-state index contributed by atoms with van der Waals surface area (Å²) >= 11 is 0. The van der Waals surface area contributed by atoms with Crippen LogP contribution < -0.4 is 4.72 Å². The van der Waals surface area contributed by atoms with Crippen molar-refractivity contribution < 1.29 is 22.0 Å². The Kier molecular flexibility index (Phi) is 5.13. The summed E-state index contributed by atoms with van der Waals surface area (Å²) in [6.45, 7) is 1.64. The predicted octanol–water partition coefficient (Wildman–Crippen LogP) is 3.29. The Morgan fingerprint density at radius 2 is 1.96 bits per heavy atom. The van der Waals surface area contributed by atoms with Gasteiger partial charge in [0.1, 0.15) is 11.5 Å². The predicted molar refractivity (Wildman–Crippen MR) is 97.0 cm³/mol. The molecule has 6 nitrogen and oxygen atoms in total. The molecule has 0 spiro atoms. The average molecular weight is 391 g/mol. The second kappa shape index (κ2) is 7.36. The Morgan fingerprint density at radius 3 is 2.70 bits per heavy atom. The zero-order valence-corrected chi connectivity index (χ0v) is 15.1. The van der Waals surface area contributed by atoms with Gasteiger partial charge in [0.25, 0.3) is 0 Å². The lowest BCUT2D eigenvalue weighted by Crippen LogP contribution is -2.18. The Bertz CT molecular complexity index is 1130. The Balaban J connectivity index is 2.03. The number of halogens is 2. The largest absolute Gasteiger partial charge is 0.287 e. The summed E-state index contributed by atoms with van der Waals surface area (Å²) in [6, 6.07) is 6.18. The van der Waals surface area contributed by atoms with Crippen molar-refractivity contribution in [3.05, 3.63) is 65.6 Å². The first kappa shape index (κ1) is 18.8. The highest BCUT2D eigenvalue weighted by Crippen LogP contribution is 2.24. The Hall–Kier alpha value is -2.94. The van der Waals surface area contributed by atoms with Gasteiger partial charge in [0, 0.05) is 17.6 Å². The van der Waals surface area contributed by atoms with Gasteiger partial charge in [-0.1, -0.05) is 13.0 Å². The number of ketones is 1. The molecule has 3 rings (SSSR count). The third kappa shape index (κ3) is 4.08. The molecule has 0 aliphatic carbocycles. The number of pyridine rings is 2. The maximum atomic E-state index is 14.7. The number of sulfonamides is 1. The minimum Gasteiger partial charge on any atom is -0.287 e. The van der Waals surface area contributed by atoms with Crippen LogP contribution in [0, 0.1) is 11.6 Å². The number of fused-ring (bicyclic) bond motifs is 1. The second-order valence-corrected chi connectivity index (χ2v) is 7.67. The molecule has 1 aromatic carbocycles. The van der Waals surface area contributed by atoms with E-state index < -0.39 is 38.7 Å². The standard InChI is InChI=1S/C18H15F2N3O3S/c1-2-6-27(25,26)23-14-9-12(19)8-13(17(14)20)18(24)15-7-11-4-3-5-21-16(11)10-22-15/h3-5,7-10,23H,2,6H2,1H3. The molecule has 0 aliphatic rings. The molecule has 0 bridgehead atoms. The summed E-state index contributed by atoms with van der Waals surface area (Å²) < 4.78 is 54.3. The number of benzene rings is 1. The van der Waals surface area contributed by atoms with Crippen LogP contribution in [0.5, 0.6) is 0 Å². The molecule has 0 unspecified atom stereocenters. The molecule has 1 N–H and O–H groups in total. The number of anilines is 1. The van der Waals surface area contributed by atoms with Crippen LogP contribution in [-0.4, -0.2) is 29.9 Å². The number of aromatic nitrogens is 2. The second-order valence-electron chi connectivity index (χ2n) is 5.83. The highest BCUT2D eigenvalue weighted by molar-refractivity contribution is 7.92. The molecule has 2 aromatic heterocycles. The van der Waals surface area contributed by atoms with E-state index in [9.17, 15) is 22.0 Å². The summed E-state index contributed by atoms with van der Waals surface area (Å²) in [5.74, 6) is -3.23. The number of nitrogens with one attached hydrogen (secondary N) is 1. The van der Waals surface area contributed by atoms with Crippen molar-refractivity contribution in [2.24, 2.45) is 0 Å². The quantitative estimate of drug-likeness (QED) is 0.652. The van der Waals surface area contributed by atoms with Crippen LogP contribution in [-0.2, 0) is 10.0 Å². The van der Waals surface area contributed by atoms with Gasteiger partial charge in [-0.25, -0.2) is 17.2 Å². The van der Waals surface area contributed by atoms with Gasteiger partial charge in [-0.05, 0) is 24.6 Å². The van der Waals surface area contributed by atoms with Gasteiger partial charge in [0.05, 0.1) is 28.7 Å². The number of carbonyl (C=O) groups excluding carboxylic acids is 1. The molecule has 0 saturated carbocycles. The van der Waals surface area contributed by atoms with Crippen LogP contribution in [0.25, 0.3) is 10.9 Å². The highest BCUT2D eigenvalue weighted by Gasteiger charge is 2.22. The molecule has 2 heterocycles. The molecule has 0 aliphatic heterocycles. The Labute approximate surface area is 154 Å². The van der Waals surface area contributed by atoms with E-state index in [0.717, 1.165) is 0 Å². The maximum Gasteiger partial charge on any atom is 0.232 e. The summed E-state index contributed by atoms with van der Waals surface area (Å²) in [5, 5.41) is 0.608. The van der Waals surface area contributed by atoms with Gasteiger partial charge in [0.2, 0.25) is 15.8 Å². The summed E-state index contributed by atoms with van der Waals surface area (Å²) in [7, 11) is -3.85. The van der Waals surface area contributed by atoms with E-state index in [1.54, 1.807) is 25.3 Å². The summed E-state index contributed by atoms with van der Waals surface area (Å²) in [6.07, 6.45) is 3.21. The molecule has 3 aromatic rings. The van der Waals surface area contributed by atoms with E-state index in [2.05, 4.69) is 9.97 Å². The topological polar surface area (TPSA) is 89.0 Å². The van der Waals surface area contributed by atoms with E-state index in [-0.39, 0.29) is 11.4 Å². The number of nitrogens with zero attached hydrogens (tertiary/aromatic N) is 2. The number of carbonyl (C=O) groups is 1. The zero-order chi connectivity index (χ0) is 19.6. The van der Waals surface area contributed by atoms with Gasteiger partial charge in [-0.3, -0.25) is 19.5 Å². The van der Waals surface area contributed by atoms with Gasteiger partial charge >= 0.3 is 0 Å². The van der Waals surface area contributed by atoms with Crippen molar-refractivity contribution in [2.75, 3.05) is 10.5 Å². The highest BCUT2D eigenvalue weighted by atomic mass is 32.2. The lowest BCUT2D eigenvalue weighted by Gasteiger charge is -2.11. The van der Waals surface area contributed by atoms with Crippen LogP contribution in [0.3, 0.4) is 0 Å². The number of rotatable bonds is 6. The van der Waals surface area contributed by atoms with E-state index in [0.29, 0.717) is 29.5 Å². The first-order valence-corrected chi connectivity index (χ1v) is 9.71. The first-order chi connectivity index (χ1) is 12.8. The molecule has 0 saturated heterocycles. The molecule has 0 fully saturated rings. The van der Waals surface area contributed by atoms with E-state index in [1.807, 2.05) is 4.72 Å². The molecule has 140 valence electrons. The Morgan fingerprint density at radius 1 is 1.19 bits per heavy atom. The third-order valence-corrected chi connectivity index (χ3v) is 5.22. The van der Waals surface area contributed by atoms with Gasteiger partial charge in [-0.2, -0.15) is 0 Å². The van der Waals surface area contributed by atoms with Crippen molar-refractivity contribution in [2.45, 2.75) is 13.3 Å². The monoisotopic (exact) mass is 391 g/mol. The molecule has 0 atom stereocenters. The van der Waals surface area contributed by atoms with Crippen molar-refractivity contribution in [1.82, 2.24) is 9.97 Å². The van der Waals surface area contributed by atoms with Crippen molar-refractivity contribution in [3.63, 3.8) is 0 Å². The van der Waals surface area contributed by atoms with Gasteiger partial charge < -0.3 is 0 Å². The minimum absolute atomic E-state index is 0.109. The fourth-order valence-corrected chi connectivity index (χ4v) is 3.68. The van der Waals surface area contributed by atoms with Gasteiger partial charge in [-0.15, -0.1) is 0 Å². The van der Waals surface area contributed by atoms with Crippen LogP contribution in [0.4, 0.5) is 14.5 Å². The van der Waals surface area contributed by atoms with Crippen LogP contribution in [0.1, 0.15) is 29.4 Å². The number of hydrogen-bond donors (Lipinski definition) is 1. The van der Waals surface area contributed by atoms with E-state index in [4.69, 9.17) is 0 Å². The normalized spacial score (nSPS) is 11.5. The fraction of sp³-hybridized carbons (Fsp3) is 0.167. The van der Waals surface area contributed by atoms with E-state index in [1.165, 1.54) is 12.3 Å². The van der Waals surface area contributed by atoms with Crippen LogP contribution in [0.15, 0.2) is 42.7 Å². The minimum atomic E-state index is -3.85. The number of hydrogen-bond acceptors (Lipinski definition) is 5. The molecular formula is C18H15F2N3O3S. The van der Waals surface area contributed by atoms with Crippen LogP contribution in [0.2, 0.25) is 0 Å². The van der Waals surface area contributed by atoms with Crippen molar-refractivity contribution in [3.8, 4) is 0 Å². The smallest absolute Gasteiger partial charge is 0.232 e. The van der Waals surface area contributed by atoms with Crippen LogP contribution >= 0.6 is 0 Å². The van der Waals surface area contributed by atoms with Gasteiger partial charge in [0.15, 0.2) is 5.82 Å². The third-order valence-electron chi connectivity index (χ3n) is 3.74.